The quantitative estimate of drug-likeness (QED) is 0.624. The summed E-state index contributed by atoms with van der Waals surface area (Å²) in [6, 6.07) is 6.46. The zero-order chi connectivity index (χ0) is 13.8. The maximum absolute atomic E-state index is 11.7. The zero-order valence-electron chi connectivity index (χ0n) is 9.75. The Balaban J connectivity index is 2.03. The highest BCUT2D eigenvalue weighted by Crippen LogP contribution is 2.11. The van der Waals surface area contributed by atoms with Gasteiger partial charge in [-0.2, -0.15) is 4.98 Å². The number of nitrogen functional groups attached to an aromatic ring is 1. The van der Waals surface area contributed by atoms with Crippen molar-refractivity contribution < 1.29 is 14.7 Å². The zero-order valence-corrected chi connectivity index (χ0v) is 9.75. The number of anilines is 2. The molecule has 0 aliphatic heterocycles. The Labute approximate surface area is 107 Å². The summed E-state index contributed by atoms with van der Waals surface area (Å²) in [6.07, 6.45) is -0.0626. The third-order valence-electron chi connectivity index (χ3n) is 2.28. The molecular weight excluding hydrogens is 250 g/mol. The van der Waals surface area contributed by atoms with Gasteiger partial charge in [0, 0.05) is 5.69 Å². The fourth-order valence-corrected chi connectivity index (χ4v) is 1.45. The Morgan fingerprint density at radius 1 is 1.32 bits per heavy atom. The molecule has 19 heavy (non-hydrogen) atoms. The standard InChI is InChI=1S/C11H11N5O3/c12-11-14-9(15-16-11)10(19)13-7-3-1-6(2-4-7)5-8(17)18/h1-4H,5H2,(H,13,19)(H,17,18)(H3,12,14,15,16). The van der Waals surface area contributed by atoms with Gasteiger partial charge in [0.2, 0.25) is 11.8 Å². The molecule has 2 aromatic rings. The molecular formula is C11H11N5O3. The Morgan fingerprint density at radius 3 is 2.53 bits per heavy atom. The van der Waals surface area contributed by atoms with Crippen molar-refractivity contribution in [2.75, 3.05) is 11.1 Å². The normalized spacial score (nSPS) is 10.1. The molecule has 98 valence electrons. The van der Waals surface area contributed by atoms with Crippen LogP contribution < -0.4 is 11.1 Å². The van der Waals surface area contributed by atoms with Crippen LogP contribution in [0.1, 0.15) is 16.2 Å². The monoisotopic (exact) mass is 261 g/mol. The van der Waals surface area contributed by atoms with Crippen LogP contribution in [0.25, 0.3) is 0 Å². The van der Waals surface area contributed by atoms with Gasteiger partial charge >= 0.3 is 5.97 Å². The van der Waals surface area contributed by atoms with Crippen LogP contribution in [0.3, 0.4) is 0 Å². The number of H-pyrrole nitrogens is 1. The number of nitrogens with zero attached hydrogens (tertiary/aromatic N) is 2. The number of aliphatic carboxylic acids is 1. The highest BCUT2D eigenvalue weighted by Gasteiger charge is 2.10. The van der Waals surface area contributed by atoms with E-state index in [0.29, 0.717) is 11.3 Å². The predicted molar refractivity (Wildman–Crippen MR) is 66.5 cm³/mol. The molecule has 0 saturated heterocycles. The lowest BCUT2D eigenvalue weighted by Gasteiger charge is -2.03. The van der Waals surface area contributed by atoms with Crippen molar-refractivity contribution in [2.45, 2.75) is 6.42 Å². The van der Waals surface area contributed by atoms with Crippen LogP contribution in [0.15, 0.2) is 24.3 Å². The van der Waals surface area contributed by atoms with Crippen molar-refractivity contribution in [2.24, 2.45) is 0 Å². The highest BCUT2D eigenvalue weighted by atomic mass is 16.4. The average molecular weight is 261 g/mol. The third kappa shape index (κ3) is 3.28. The topological polar surface area (TPSA) is 134 Å². The van der Waals surface area contributed by atoms with Gasteiger partial charge in [-0.05, 0) is 17.7 Å². The summed E-state index contributed by atoms with van der Waals surface area (Å²) in [5.41, 5.74) is 6.46. The number of carbonyl (C=O) groups excluding carboxylic acids is 1. The number of amides is 1. The van der Waals surface area contributed by atoms with Gasteiger partial charge in [0.15, 0.2) is 0 Å². The van der Waals surface area contributed by atoms with E-state index in [0.717, 1.165) is 0 Å². The van der Waals surface area contributed by atoms with E-state index in [4.69, 9.17) is 10.8 Å². The first-order chi connectivity index (χ1) is 9.04. The van der Waals surface area contributed by atoms with E-state index in [-0.39, 0.29) is 18.2 Å². The summed E-state index contributed by atoms with van der Waals surface area (Å²) in [5, 5.41) is 17.1. The van der Waals surface area contributed by atoms with Gasteiger partial charge in [-0.1, -0.05) is 12.1 Å². The van der Waals surface area contributed by atoms with Crippen LogP contribution in [-0.2, 0) is 11.2 Å². The minimum atomic E-state index is -0.908. The van der Waals surface area contributed by atoms with Crippen LogP contribution in [-0.4, -0.2) is 32.2 Å². The number of hydrogen-bond acceptors (Lipinski definition) is 5. The number of carboxylic acids is 1. The van der Waals surface area contributed by atoms with E-state index in [1.807, 2.05) is 0 Å². The summed E-state index contributed by atoms with van der Waals surface area (Å²) < 4.78 is 0. The van der Waals surface area contributed by atoms with Crippen LogP contribution >= 0.6 is 0 Å². The SMILES string of the molecule is Nc1n[nH]c(C(=O)Nc2ccc(CC(=O)O)cc2)n1. The van der Waals surface area contributed by atoms with Crippen molar-refractivity contribution in [1.82, 2.24) is 15.2 Å². The summed E-state index contributed by atoms with van der Waals surface area (Å²) in [4.78, 5) is 25.9. The minimum absolute atomic E-state index is 0.00659. The van der Waals surface area contributed by atoms with Gasteiger partial charge in [0.05, 0.1) is 6.42 Å². The molecule has 2 rings (SSSR count). The van der Waals surface area contributed by atoms with Crippen molar-refractivity contribution in [1.29, 1.82) is 0 Å². The molecule has 8 heteroatoms. The Bertz CT molecular complexity index is 605. The van der Waals surface area contributed by atoms with Crippen LogP contribution in [0.4, 0.5) is 11.6 Å². The van der Waals surface area contributed by atoms with Crippen LogP contribution in [0, 0.1) is 0 Å². The summed E-state index contributed by atoms with van der Waals surface area (Å²) >= 11 is 0. The second-order valence-corrected chi connectivity index (χ2v) is 3.76. The highest BCUT2D eigenvalue weighted by molar-refractivity contribution is 6.01. The fourth-order valence-electron chi connectivity index (χ4n) is 1.45. The predicted octanol–water partition coefficient (Wildman–Crippen LogP) is 0.266. The number of aromatic nitrogens is 3. The Kier molecular flexibility index (Phi) is 3.42. The molecule has 1 amide bonds. The van der Waals surface area contributed by atoms with Gasteiger partial charge in [-0.15, -0.1) is 5.10 Å². The lowest BCUT2D eigenvalue weighted by molar-refractivity contribution is -0.136. The van der Waals surface area contributed by atoms with E-state index >= 15 is 0 Å². The molecule has 1 aromatic heterocycles. The molecule has 0 bridgehead atoms. The van der Waals surface area contributed by atoms with E-state index < -0.39 is 11.9 Å². The number of nitrogens with one attached hydrogen (secondary N) is 2. The minimum Gasteiger partial charge on any atom is -0.481 e. The molecule has 0 saturated carbocycles. The first-order valence-corrected chi connectivity index (χ1v) is 5.34. The fraction of sp³-hybridized carbons (Fsp3) is 0.0909. The van der Waals surface area contributed by atoms with Gasteiger partial charge < -0.3 is 16.2 Å². The number of carboxylic acid groups (broad SMARTS) is 1. The summed E-state index contributed by atoms with van der Waals surface area (Å²) in [6.45, 7) is 0. The van der Waals surface area contributed by atoms with Crippen molar-refractivity contribution in [3.05, 3.63) is 35.7 Å². The molecule has 0 aliphatic rings. The second-order valence-electron chi connectivity index (χ2n) is 3.76. The number of hydrogen-bond donors (Lipinski definition) is 4. The molecule has 5 N–H and O–H groups in total. The molecule has 0 aliphatic carbocycles. The molecule has 0 radical (unpaired) electrons. The Morgan fingerprint density at radius 2 is 2.00 bits per heavy atom. The first-order valence-electron chi connectivity index (χ1n) is 5.34. The number of aromatic amines is 1. The number of carbonyl (C=O) groups is 2. The number of rotatable bonds is 4. The molecule has 1 aromatic carbocycles. The summed E-state index contributed by atoms with van der Waals surface area (Å²) in [5.74, 6) is -1.39. The van der Waals surface area contributed by atoms with Crippen molar-refractivity contribution in [3.8, 4) is 0 Å². The van der Waals surface area contributed by atoms with Crippen molar-refractivity contribution in [3.63, 3.8) is 0 Å². The molecule has 0 fully saturated rings. The Hall–Kier alpha value is -2.90. The third-order valence-corrected chi connectivity index (χ3v) is 2.28. The lowest BCUT2D eigenvalue weighted by Crippen LogP contribution is -2.13. The number of nitrogens with two attached hydrogens (primary N) is 1. The molecule has 1 heterocycles. The molecule has 0 atom stereocenters. The second kappa shape index (κ2) is 5.17. The van der Waals surface area contributed by atoms with E-state index in [1.54, 1.807) is 24.3 Å². The van der Waals surface area contributed by atoms with Gasteiger partial charge in [0.25, 0.3) is 5.91 Å². The maximum atomic E-state index is 11.7. The van der Waals surface area contributed by atoms with Crippen LogP contribution in [0.2, 0.25) is 0 Å². The van der Waals surface area contributed by atoms with E-state index in [9.17, 15) is 9.59 Å². The van der Waals surface area contributed by atoms with Gasteiger partial charge in [-0.25, -0.2) is 0 Å². The maximum Gasteiger partial charge on any atom is 0.307 e. The number of benzene rings is 1. The molecule has 0 spiro atoms. The van der Waals surface area contributed by atoms with Crippen molar-refractivity contribution >= 4 is 23.5 Å². The molecule has 8 nitrogen and oxygen atoms in total. The van der Waals surface area contributed by atoms with Gasteiger partial charge in [-0.3, -0.25) is 14.7 Å². The first kappa shape index (κ1) is 12.6. The van der Waals surface area contributed by atoms with Gasteiger partial charge in [0.1, 0.15) is 0 Å². The molecule has 0 unspecified atom stereocenters. The smallest absolute Gasteiger partial charge is 0.307 e. The average Bonchev–Trinajstić information content (AvgIpc) is 2.78. The summed E-state index contributed by atoms with van der Waals surface area (Å²) in [7, 11) is 0. The largest absolute Gasteiger partial charge is 0.481 e. The van der Waals surface area contributed by atoms with E-state index in [1.165, 1.54) is 0 Å². The van der Waals surface area contributed by atoms with Crippen LogP contribution in [0.5, 0.6) is 0 Å². The lowest BCUT2D eigenvalue weighted by atomic mass is 10.1. The van der Waals surface area contributed by atoms with E-state index in [2.05, 4.69) is 20.5 Å².